The molecule has 1 amide bonds. The molecule has 1 saturated carbocycles. The first-order chi connectivity index (χ1) is 12.8. The van der Waals surface area contributed by atoms with E-state index in [4.69, 9.17) is 5.14 Å². The molecule has 10 heteroatoms. The zero-order chi connectivity index (χ0) is 19.3. The summed E-state index contributed by atoms with van der Waals surface area (Å²) in [5, 5.41) is 20.7. The van der Waals surface area contributed by atoms with Crippen molar-refractivity contribution in [2.75, 3.05) is 13.1 Å². The number of rotatable bonds is 5. The van der Waals surface area contributed by atoms with E-state index in [1.807, 2.05) is 0 Å². The van der Waals surface area contributed by atoms with Crippen molar-refractivity contribution in [2.45, 2.75) is 6.04 Å². The third-order valence-corrected chi connectivity index (χ3v) is 6.03. The van der Waals surface area contributed by atoms with Crippen molar-refractivity contribution in [2.24, 2.45) is 17.0 Å². The summed E-state index contributed by atoms with van der Waals surface area (Å²) in [6.45, 7) is 1.85. The van der Waals surface area contributed by atoms with E-state index in [2.05, 4.69) is 10.6 Å². The molecule has 3 atom stereocenters. The minimum Gasteiger partial charge on any atom is -0.477 e. The standard InChI is InChI=1S/C17H18N4O5S/c18-27(25,26)21-6-5-11(15(21)17(23)24)9-1-3-10(4-2-9)16(22)20-14-12-7-19-8-13(12)14/h1-6,12-14,19H,7-8H2,(H,20,22)(H,23,24)(H2,18,25,26)/t12-,13+,14+. The number of nitrogens with two attached hydrogens (primary N) is 1. The first-order valence-electron chi connectivity index (χ1n) is 8.37. The number of aromatic carboxylic acids is 1. The maximum atomic E-state index is 12.4. The van der Waals surface area contributed by atoms with Crippen LogP contribution in [-0.2, 0) is 10.2 Å². The second kappa shape index (κ2) is 6.19. The van der Waals surface area contributed by atoms with E-state index >= 15 is 0 Å². The smallest absolute Gasteiger partial charge is 0.354 e. The zero-order valence-electron chi connectivity index (χ0n) is 14.1. The van der Waals surface area contributed by atoms with E-state index < -0.39 is 21.9 Å². The van der Waals surface area contributed by atoms with Gasteiger partial charge in [-0.3, -0.25) is 4.79 Å². The van der Waals surface area contributed by atoms with Gasteiger partial charge in [-0.2, -0.15) is 8.42 Å². The first kappa shape index (κ1) is 17.7. The van der Waals surface area contributed by atoms with Crippen LogP contribution in [0.1, 0.15) is 20.8 Å². The maximum absolute atomic E-state index is 12.4. The Bertz CT molecular complexity index is 1020. The van der Waals surface area contributed by atoms with Gasteiger partial charge in [0.25, 0.3) is 5.91 Å². The second-order valence-corrected chi connectivity index (χ2v) is 8.21. The Morgan fingerprint density at radius 2 is 1.78 bits per heavy atom. The van der Waals surface area contributed by atoms with Crippen molar-refractivity contribution in [1.82, 2.24) is 14.6 Å². The number of benzene rings is 1. The molecule has 2 fully saturated rings. The Hall–Kier alpha value is -2.69. The van der Waals surface area contributed by atoms with Gasteiger partial charge in [-0.15, -0.1) is 0 Å². The normalized spacial score (nSPS) is 23.7. The molecular weight excluding hydrogens is 372 g/mol. The zero-order valence-corrected chi connectivity index (χ0v) is 14.9. The highest BCUT2D eigenvalue weighted by Crippen LogP contribution is 2.41. The lowest BCUT2D eigenvalue weighted by Gasteiger charge is -2.09. The molecule has 0 unspecified atom stereocenters. The number of nitrogens with zero attached hydrogens (tertiary/aromatic N) is 1. The molecule has 0 radical (unpaired) electrons. The minimum absolute atomic E-state index is 0.179. The van der Waals surface area contributed by atoms with Crippen LogP contribution in [0.25, 0.3) is 11.1 Å². The number of hydrogen-bond acceptors (Lipinski definition) is 5. The van der Waals surface area contributed by atoms with Gasteiger partial charge < -0.3 is 15.7 Å². The highest BCUT2D eigenvalue weighted by Gasteiger charge is 2.53. The summed E-state index contributed by atoms with van der Waals surface area (Å²) >= 11 is 0. The average Bonchev–Trinajstić information content (AvgIpc) is 3.01. The van der Waals surface area contributed by atoms with Crippen LogP contribution in [0.4, 0.5) is 0 Å². The van der Waals surface area contributed by atoms with Gasteiger partial charge in [0.05, 0.1) is 0 Å². The van der Waals surface area contributed by atoms with Crippen LogP contribution in [0, 0.1) is 11.8 Å². The SMILES string of the molecule is NS(=O)(=O)n1ccc(-c2ccc(C(=O)N[C@H]3[C@@H]4CNC[C@@H]43)cc2)c1C(=O)O. The largest absolute Gasteiger partial charge is 0.477 e. The highest BCUT2D eigenvalue weighted by molar-refractivity contribution is 7.87. The number of carbonyl (C=O) groups is 2. The molecule has 1 saturated heterocycles. The molecule has 142 valence electrons. The molecule has 5 N–H and O–H groups in total. The lowest BCUT2D eigenvalue weighted by atomic mass is 10.0. The molecule has 4 rings (SSSR count). The van der Waals surface area contributed by atoms with Gasteiger partial charge in [-0.1, -0.05) is 12.1 Å². The topological polar surface area (TPSA) is 144 Å². The molecule has 1 aliphatic heterocycles. The van der Waals surface area contributed by atoms with E-state index in [-0.39, 0.29) is 17.5 Å². The van der Waals surface area contributed by atoms with Crippen molar-refractivity contribution >= 4 is 22.1 Å². The van der Waals surface area contributed by atoms with Crippen molar-refractivity contribution in [3.63, 3.8) is 0 Å². The summed E-state index contributed by atoms with van der Waals surface area (Å²) in [5.41, 5.74) is 0.678. The van der Waals surface area contributed by atoms with Gasteiger partial charge in [0, 0.05) is 36.5 Å². The molecule has 27 heavy (non-hydrogen) atoms. The van der Waals surface area contributed by atoms with E-state index in [0.717, 1.165) is 19.3 Å². The first-order valence-corrected chi connectivity index (χ1v) is 9.87. The van der Waals surface area contributed by atoms with Crippen LogP contribution in [0.5, 0.6) is 0 Å². The second-order valence-electron chi connectivity index (χ2n) is 6.79. The molecule has 1 aromatic carbocycles. The summed E-state index contributed by atoms with van der Waals surface area (Å²) in [6, 6.07) is 7.91. The van der Waals surface area contributed by atoms with E-state index in [1.54, 1.807) is 24.3 Å². The highest BCUT2D eigenvalue weighted by atomic mass is 32.2. The summed E-state index contributed by atoms with van der Waals surface area (Å²) in [7, 11) is -4.23. The Kier molecular flexibility index (Phi) is 4.06. The van der Waals surface area contributed by atoms with Gasteiger partial charge in [-0.25, -0.2) is 13.9 Å². The van der Waals surface area contributed by atoms with Crippen LogP contribution in [0.3, 0.4) is 0 Å². The Morgan fingerprint density at radius 1 is 1.15 bits per heavy atom. The number of piperidine rings is 1. The molecule has 2 aromatic rings. The fourth-order valence-electron chi connectivity index (χ4n) is 3.74. The number of carboxylic acids is 1. The quantitative estimate of drug-likeness (QED) is 0.559. The van der Waals surface area contributed by atoms with Gasteiger partial charge >= 0.3 is 16.2 Å². The molecule has 0 bridgehead atoms. The predicted octanol–water partition coefficient (Wildman–Crippen LogP) is -0.147. The van der Waals surface area contributed by atoms with Gasteiger partial charge in [0.2, 0.25) is 0 Å². The molecule has 2 aliphatic rings. The number of carboxylic acid groups (broad SMARTS) is 1. The van der Waals surface area contributed by atoms with Crippen molar-refractivity contribution in [1.29, 1.82) is 0 Å². The number of nitrogens with one attached hydrogen (secondary N) is 2. The third kappa shape index (κ3) is 3.11. The van der Waals surface area contributed by atoms with Crippen LogP contribution < -0.4 is 15.8 Å². The number of fused-ring (bicyclic) bond motifs is 1. The van der Waals surface area contributed by atoms with Crippen LogP contribution in [0.15, 0.2) is 36.5 Å². The van der Waals surface area contributed by atoms with Gasteiger partial charge in [0.1, 0.15) is 0 Å². The van der Waals surface area contributed by atoms with Crippen molar-refractivity contribution < 1.29 is 23.1 Å². The van der Waals surface area contributed by atoms with Crippen molar-refractivity contribution in [3.05, 3.63) is 47.8 Å². The molecule has 1 aromatic heterocycles. The summed E-state index contributed by atoms with van der Waals surface area (Å²) < 4.78 is 23.6. The van der Waals surface area contributed by atoms with Crippen molar-refractivity contribution in [3.8, 4) is 11.1 Å². The fraction of sp³-hybridized carbons (Fsp3) is 0.294. The Morgan fingerprint density at radius 3 is 2.33 bits per heavy atom. The average molecular weight is 390 g/mol. The maximum Gasteiger partial charge on any atom is 0.354 e. The third-order valence-electron chi connectivity index (χ3n) is 5.18. The Labute approximate surface area is 155 Å². The molecule has 0 spiro atoms. The van der Waals surface area contributed by atoms with Crippen LogP contribution in [-0.4, -0.2) is 48.5 Å². The number of amides is 1. The minimum atomic E-state index is -4.23. The number of hydrogen-bond donors (Lipinski definition) is 4. The van der Waals surface area contributed by atoms with Crippen LogP contribution >= 0.6 is 0 Å². The van der Waals surface area contributed by atoms with Crippen LogP contribution in [0.2, 0.25) is 0 Å². The van der Waals surface area contributed by atoms with E-state index in [1.165, 1.54) is 6.07 Å². The van der Waals surface area contributed by atoms with Gasteiger partial charge in [-0.05, 0) is 35.6 Å². The fourth-order valence-corrected chi connectivity index (χ4v) is 4.40. The Balaban J connectivity index is 1.57. The lowest BCUT2D eigenvalue weighted by Crippen LogP contribution is -2.32. The summed E-state index contributed by atoms with van der Waals surface area (Å²) in [6.07, 6.45) is 1.09. The summed E-state index contributed by atoms with van der Waals surface area (Å²) in [4.78, 5) is 23.9. The molecular formula is C17H18N4O5S. The monoisotopic (exact) mass is 390 g/mol. The predicted molar refractivity (Wildman–Crippen MR) is 96.4 cm³/mol. The summed E-state index contributed by atoms with van der Waals surface area (Å²) in [5.74, 6) is -0.588. The lowest BCUT2D eigenvalue weighted by molar-refractivity contribution is 0.0689. The van der Waals surface area contributed by atoms with E-state index in [0.29, 0.717) is 26.9 Å². The molecule has 9 nitrogen and oxygen atoms in total. The number of carbonyl (C=O) groups excluding carboxylic acids is 1. The number of aromatic nitrogens is 1. The van der Waals surface area contributed by atoms with Gasteiger partial charge in [0.15, 0.2) is 5.69 Å². The molecule has 1 aliphatic carbocycles. The molecule has 2 heterocycles. The van der Waals surface area contributed by atoms with E-state index in [9.17, 15) is 23.1 Å².